The summed E-state index contributed by atoms with van der Waals surface area (Å²) < 4.78 is 5.04. The highest BCUT2D eigenvalue weighted by atomic mass is 32.2. The molecule has 18 heavy (non-hydrogen) atoms. The van der Waals surface area contributed by atoms with Crippen LogP contribution in [0.25, 0.3) is 0 Å². The van der Waals surface area contributed by atoms with Crippen LogP contribution in [0, 0.1) is 0 Å². The van der Waals surface area contributed by atoms with Crippen molar-refractivity contribution in [3.8, 4) is 0 Å². The van der Waals surface area contributed by atoms with Crippen molar-refractivity contribution in [3.05, 3.63) is 0 Å². The first-order chi connectivity index (χ1) is 8.58. The summed E-state index contributed by atoms with van der Waals surface area (Å²) >= 11 is 1.53. The maximum absolute atomic E-state index is 5.99. The molecule has 0 fully saturated rings. The van der Waals surface area contributed by atoms with Crippen LogP contribution in [-0.4, -0.2) is 48.3 Å². The second-order valence-electron chi connectivity index (χ2n) is 4.34. The smallest absolute Gasteiger partial charge is 0.193 e. The zero-order chi connectivity index (χ0) is 13.5. The molecule has 1 unspecified atom stereocenters. The van der Waals surface area contributed by atoms with Crippen molar-refractivity contribution in [2.24, 2.45) is 15.8 Å². The maximum Gasteiger partial charge on any atom is 0.193 e. The third-order valence-electron chi connectivity index (χ3n) is 2.39. The van der Waals surface area contributed by atoms with Gasteiger partial charge in [0, 0.05) is 26.2 Å². The molecule has 3 N–H and O–H groups in total. The summed E-state index contributed by atoms with van der Waals surface area (Å²) in [5, 5.41) is 5.67. The molecule has 0 aromatic heterocycles. The molecule has 1 aliphatic heterocycles. The first-order valence-electron chi connectivity index (χ1n) is 6.06. The van der Waals surface area contributed by atoms with Crippen molar-refractivity contribution < 1.29 is 4.74 Å². The van der Waals surface area contributed by atoms with Crippen molar-refractivity contribution in [2.45, 2.75) is 39.0 Å². The number of thioether (sulfide) groups is 1. The van der Waals surface area contributed by atoms with E-state index in [0.717, 1.165) is 30.5 Å². The summed E-state index contributed by atoms with van der Waals surface area (Å²) in [6.45, 7) is 4.86. The Bertz CT molecular complexity index is 319. The molecule has 1 atom stereocenters. The number of nitrogens with two attached hydrogens (primary N) is 1. The topological polar surface area (TPSA) is 75.2 Å². The molecule has 0 amide bonds. The molecular weight excluding hydrogens is 250 g/mol. The number of hydrazine groups is 1. The largest absolute Gasteiger partial charge is 0.385 e. The van der Waals surface area contributed by atoms with Gasteiger partial charge in [0.15, 0.2) is 11.5 Å². The van der Waals surface area contributed by atoms with Crippen LogP contribution in [0.1, 0.15) is 26.7 Å². The monoisotopic (exact) mass is 273 g/mol. The number of amidine groups is 2. The van der Waals surface area contributed by atoms with Gasteiger partial charge in [-0.25, -0.2) is 15.8 Å². The van der Waals surface area contributed by atoms with Crippen LogP contribution in [0.4, 0.5) is 0 Å². The first-order valence-corrected chi connectivity index (χ1v) is 7.29. The fraction of sp³-hybridized carbons (Fsp3) is 0.818. The van der Waals surface area contributed by atoms with Gasteiger partial charge >= 0.3 is 0 Å². The molecule has 0 aliphatic carbocycles. The number of nitrogens with one attached hydrogen (secondary N) is 1. The second kappa shape index (κ2) is 7.73. The average Bonchev–Trinajstić information content (AvgIpc) is 2.32. The minimum Gasteiger partial charge on any atom is -0.385 e. The van der Waals surface area contributed by atoms with Gasteiger partial charge in [0.2, 0.25) is 0 Å². The number of hydrogen-bond donors (Lipinski definition) is 2. The number of ether oxygens (including phenoxy) is 1. The number of rotatable bonds is 6. The van der Waals surface area contributed by atoms with Crippen molar-refractivity contribution >= 4 is 22.8 Å². The van der Waals surface area contributed by atoms with Gasteiger partial charge in [-0.05, 0) is 26.5 Å². The van der Waals surface area contributed by atoms with Gasteiger partial charge in [-0.3, -0.25) is 10.3 Å². The predicted molar refractivity (Wildman–Crippen MR) is 77.6 cm³/mol. The Labute approximate surface area is 113 Å². The van der Waals surface area contributed by atoms with E-state index < -0.39 is 0 Å². The molecule has 1 heterocycles. The van der Waals surface area contributed by atoms with E-state index in [1.165, 1.54) is 11.8 Å². The summed E-state index contributed by atoms with van der Waals surface area (Å²) in [4.78, 5) is 8.97. The molecule has 7 heteroatoms. The van der Waals surface area contributed by atoms with Crippen LogP contribution in [0.15, 0.2) is 9.98 Å². The molecule has 0 bridgehead atoms. The number of methoxy groups -OCH3 is 1. The number of hydrogen-bond acceptors (Lipinski definition) is 7. The van der Waals surface area contributed by atoms with E-state index in [0.29, 0.717) is 6.04 Å². The van der Waals surface area contributed by atoms with Crippen LogP contribution in [0.2, 0.25) is 0 Å². The van der Waals surface area contributed by atoms with Crippen molar-refractivity contribution in [1.29, 1.82) is 0 Å². The Morgan fingerprint density at radius 3 is 2.83 bits per heavy atom. The lowest BCUT2D eigenvalue weighted by Gasteiger charge is -2.31. The van der Waals surface area contributed by atoms with E-state index in [-0.39, 0.29) is 6.29 Å². The first kappa shape index (κ1) is 15.4. The van der Waals surface area contributed by atoms with E-state index in [9.17, 15) is 0 Å². The molecule has 1 rings (SSSR count). The van der Waals surface area contributed by atoms with E-state index in [1.54, 1.807) is 12.1 Å². The van der Waals surface area contributed by atoms with Gasteiger partial charge in [-0.15, -0.1) is 0 Å². The van der Waals surface area contributed by atoms with Crippen molar-refractivity contribution in [3.63, 3.8) is 0 Å². The normalized spacial score (nSPS) is 20.1. The molecule has 0 spiro atoms. The molecule has 0 radical (unpaired) electrons. The van der Waals surface area contributed by atoms with Crippen LogP contribution in [0.5, 0.6) is 0 Å². The van der Waals surface area contributed by atoms with Crippen LogP contribution in [-0.2, 0) is 4.74 Å². The third-order valence-corrected chi connectivity index (χ3v) is 3.06. The van der Waals surface area contributed by atoms with Gasteiger partial charge in [0.05, 0.1) is 0 Å². The van der Waals surface area contributed by atoms with Crippen molar-refractivity contribution in [2.75, 3.05) is 20.0 Å². The Hall–Kier alpha value is -0.630. The number of aliphatic imine (C=N–C) groups is 2. The highest BCUT2D eigenvalue weighted by Gasteiger charge is 2.23. The van der Waals surface area contributed by atoms with E-state index in [1.807, 2.05) is 6.26 Å². The zero-order valence-electron chi connectivity index (χ0n) is 11.5. The molecule has 0 saturated heterocycles. The molecule has 104 valence electrons. The summed E-state index contributed by atoms with van der Waals surface area (Å²) in [6.07, 6.45) is 3.45. The summed E-state index contributed by atoms with van der Waals surface area (Å²) in [5.74, 6) is 6.82. The van der Waals surface area contributed by atoms with Gasteiger partial charge in [-0.2, -0.15) is 0 Å². The summed E-state index contributed by atoms with van der Waals surface area (Å²) in [7, 11) is 1.70. The highest BCUT2D eigenvalue weighted by Crippen LogP contribution is 2.13. The fourth-order valence-corrected chi connectivity index (χ4v) is 2.07. The Kier molecular flexibility index (Phi) is 6.62. The molecule has 0 saturated carbocycles. The van der Waals surface area contributed by atoms with E-state index in [4.69, 9.17) is 10.6 Å². The zero-order valence-corrected chi connectivity index (χ0v) is 12.3. The van der Waals surface area contributed by atoms with E-state index >= 15 is 0 Å². The fourth-order valence-electron chi connectivity index (χ4n) is 1.57. The number of nitrogens with zero attached hydrogens (tertiary/aromatic N) is 3. The lowest BCUT2D eigenvalue weighted by atomic mass is 10.3. The molecular formula is C11H23N5OS. The summed E-state index contributed by atoms with van der Waals surface area (Å²) in [5.41, 5.74) is 0. The minimum absolute atomic E-state index is 0.234. The molecule has 0 aromatic rings. The van der Waals surface area contributed by atoms with Crippen LogP contribution < -0.4 is 11.2 Å². The third kappa shape index (κ3) is 4.56. The molecule has 6 nitrogen and oxygen atoms in total. The predicted octanol–water partition coefficient (Wildman–Crippen LogP) is 1.00. The lowest BCUT2D eigenvalue weighted by Crippen LogP contribution is -2.54. The SMILES string of the molecule is COCCCC1=NC(NC(C)C)N(N)C(SC)=N1. The van der Waals surface area contributed by atoms with Crippen LogP contribution in [0.3, 0.4) is 0 Å². The van der Waals surface area contributed by atoms with Gasteiger partial charge in [0.1, 0.15) is 5.84 Å². The van der Waals surface area contributed by atoms with Crippen LogP contribution >= 0.6 is 11.8 Å². The van der Waals surface area contributed by atoms with Gasteiger partial charge < -0.3 is 4.74 Å². The second-order valence-corrected chi connectivity index (χ2v) is 5.12. The average molecular weight is 273 g/mol. The molecule has 1 aliphatic rings. The highest BCUT2D eigenvalue weighted by molar-refractivity contribution is 8.13. The Balaban J connectivity index is 2.70. The Morgan fingerprint density at radius 1 is 1.56 bits per heavy atom. The van der Waals surface area contributed by atoms with E-state index in [2.05, 4.69) is 29.1 Å². The van der Waals surface area contributed by atoms with Gasteiger partial charge in [0.25, 0.3) is 0 Å². The quantitative estimate of drug-likeness (QED) is 0.558. The summed E-state index contributed by atoms with van der Waals surface area (Å²) in [6, 6.07) is 0.311. The standard InChI is InChI=1S/C11H23N5OS/c1-8(2)13-10-14-9(6-5-7-17-3)15-11(18-4)16(10)12/h8,10,13H,5-7,12H2,1-4H3. The van der Waals surface area contributed by atoms with Crippen molar-refractivity contribution in [1.82, 2.24) is 10.3 Å². The Morgan fingerprint density at radius 2 is 2.28 bits per heavy atom. The lowest BCUT2D eigenvalue weighted by molar-refractivity contribution is 0.196. The van der Waals surface area contributed by atoms with Gasteiger partial charge in [-0.1, -0.05) is 11.8 Å². The maximum atomic E-state index is 5.99. The molecule has 0 aromatic carbocycles. The minimum atomic E-state index is -0.234.